The molecule has 0 unspecified atom stereocenters. The van der Waals surface area contributed by atoms with Gasteiger partial charge >= 0.3 is 12.0 Å². The Morgan fingerprint density at radius 3 is 2.85 bits per heavy atom. The molecule has 1 aliphatic heterocycles. The third-order valence-corrected chi connectivity index (χ3v) is 4.99. The van der Waals surface area contributed by atoms with Gasteiger partial charge in [0.25, 0.3) is 0 Å². The Kier molecular flexibility index (Phi) is 5.70. The standard InChI is InChI=1S/C19H23ClN4O3/c1-11(2)15(18(25)27-3)23-19(26)24-8-7-14-16(22-10-21-14)17(24)12-5-4-6-13(20)9-12/h4-6,9-11,15,17H,7-8H2,1-3H3,(H,21,22)(H,23,26)/t15-,17-/m0/s1. The van der Waals surface area contributed by atoms with Gasteiger partial charge in [-0.2, -0.15) is 0 Å². The molecule has 1 aromatic carbocycles. The first-order chi connectivity index (χ1) is 12.9. The minimum atomic E-state index is -0.719. The van der Waals surface area contributed by atoms with E-state index in [9.17, 15) is 9.59 Å². The summed E-state index contributed by atoms with van der Waals surface area (Å²) in [6.45, 7) is 4.21. The summed E-state index contributed by atoms with van der Waals surface area (Å²) in [5.41, 5.74) is 2.65. The number of methoxy groups -OCH3 is 1. The van der Waals surface area contributed by atoms with E-state index in [0.717, 1.165) is 17.0 Å². The number of urea groups is 1. The van der Waals surface area contributed by atoms with Gasteiger partial charge in [-0.3, -0.25) is 0 Å². The number of nitrogens with zero attached hydrogens (tertiary/aromatic N) is 2. The molecule has 0 aliphatic carbocycles. The maximum Gasteiger partial charge on any atom is 0.328 e. The van der Waals surface area contributed by atoms with Crippen molar-refractivity contribution in [3.05, 3.63) is 52.6 Å². The molecule has 2 amide bonds. The third kappa shape index (κ3) is 3.93. The van der Waals surface area contributed by atoms with Gasteiger partial charge in [0.15, 0.2) is 0 Å². The van der Waals surface area contributed by atoms with E-state index in [1.54, 1.807) is 17.3 Å². The van der Waals surface area contributed by atoms with Gasteiger partial charge in [0, 0.05) is 23.7 Å². The van der Waals surface area contributed by atoms with E-state index in [1.165, 1.54) is 7.11 Å². The number of H-pyrrole nitrogens is 1. The fraction of sp³-hybridized carbons (Fsp3) is 0.421. The van der Waals surface area contributed by atoms with E-state index >= 15 is 0 Å². The number of fused-ring (bicyclic) bond motifs is 1. The molecular formula is C19H23ClN4O3. The van der Waals surface area contributed by atoms with Crippen LogP contribution in [0.2, 0.25) is 5.02 Å². The SMILES string of the molecule is COC(=O)[C@@H](NC(=O)N1CCc2[nH]cnc2[C@@H]1c1cccc(Cl)c1)C(C)C. The molecule has 7 nitrogen and oxygen atoms in total. The maximum atomic E-state index is 13.1. The molecule has 0 radical (unpaired) electrons. The van der Waals surface area contributed by atoms with Crippen LogP contribution < -0.4 is 5.32 Å². The lowest BCUT2D eigenvalue weighted by Gasteiger charge is -2.36. The number of esters is 1. The highest BCUT2D eigenvalue weighted by Crippen LogP contribution is 2.34. The van der Waals surface area contributed by atoms with E-state index in [1.807, 2.05) is 32.0 Å². The van der Waals surface area contributed by atoms with E-state index in [-0.39, 0.29) is 18.0 Å². The Labute approximate surface area is 163 Å². The summed E-state index contributed by atoms with van der Waals surface area (Å²) in [4.78, 5) is 34.4. The minimum Gasteiger partial charge on any atom is -0.467 e. The van der Waals surface area contributed by atoms with Gasteiger partial charge in [0.05, 0.1) is 19.1 Å². The summed E-state index contributed by atoms with van der Waals surface area (Å²) < 4.78 is 4.83. The highest BCUT2D eigenvalue weighted by atomic mass is 35.5. The summed E-state index contributed by atoms with van der Waals surface area (Å²) in [5, 5.41) is 3.40. The number of imidazole rings is 1. The maximum absolute atomic E-state index is 13.1. The zero-order valence-corrected chi connectivity index (χ0v) is 16.3. The van der Waals surface area contributed by atoms with Gasteiger partial charge in [-0.1, -0.05) is 37.6 Å². The number of halogens is 1. The summed E-state index contributed by atoms with van der Waals surface area (Å²) in [7, 11) is 1.32. The first-order valence-corrected chi connectivity index (χ1v) is 9.22. The van der Waals surface area contributed by atoms with Gasteiger partial charge in [-0.15, -0.1) is 0 Å². The lowest BCUT2D eigenvalue weighted by Crippen LogP contribution is -2.53. The summed E-state index contributed by atoms with van der Waals surface area (Å²) in [6.07, 6.45) is 2.29. The summed E-state index contributed by atoms with van der Waals surface area (Å²) in [6, 6.07) is 5.94. The first-order valence-electron chi connectivity index (χ1n) is 8.85. The molecule has 8 heteroatoms. The fourth-order valence-electron chi connectivity index (χ4n) is 3.35. The number of carbonyl (C=O) groups excluding carboxylic acids is 2. The number of rotatable bonds is 4. The Balaban J connectivity index is 1.93. The number of ether oxygens (including phenoxy) is 1. The Hall–Kier alpha value is -2.54. The summed E-state index contributed by atoms with van der Waals surface area (Å²) >= 11 is 6.17. The molecule has 2 N–H and O–H groups in total. The minimum absolute atomic E-state index is 0.100. The normalized spacial score (nSPS) is 17.4. The summed E-state index contributed by atoms with van der Waals surface area (Å²) in [5.74, 6) is -0.563. The number of hydrogen-bond donors (Lipinski definition) is 2. The average Bonchev–Trinajstić information content (AvgIpc) is 3.12. The quantitative estimate of drug-likeness (QED) is 0.786. The van der Waals surface area contributed by atoms with Crippen LogP contribution in [0.3, 0.4) is 0 Å². The topological polar surface area (TPSA) is 87.3 Å². The second kappa shape index (κ2) is 8.00. The molecule has 3 rings (SSSR count). The molecule has 0 saturated carbocycles. The predicted octanol–water partition coefficient (Wildman–Crippen LogP) is 2.92. The lowest BCUT2D eigenvalue weighted by atomic mass is 9.96. The van der Waals surface area contributed by atoms with Crippen molar-refractivity contribution in [2.45, 2.75) is 32.4 Å². The van der Waals surface area contributed by atoms with Gasteiger partial charge in [0.2, 0.25) is 0 Å². The number of carbonyl (C=O) groups is 2. The van der Waals surface area contributed by atoms with Crippen LogP contribution in [0, 0.1) is 5.92 Å². The van der Waals surface area contributed by atoms with Gasteiger partial charge < -0.3 is 19.9 Å². The second-order valence-corrected chi connectivity index (χ2v) is 7.30. The van der Waals surface area contributed by atoms with Crippen LogP contribution >= 0.6 is 11.6 Å². The molecule has 0 saturated heterocycles. The zero-order chi connectivity index (χ0) is 19.6. The molecule has 0 fully saturated rings. The van der Waals surface area contributed by atoms with Crippen LogP contribution in [0.1, 0.15) is 36.8 Å². The van der Waals surface area contributed by atoms with Crippen molar-refractivity contribution < 1.29 is 14.3 Å². The molecule has 0 bridgehead atoms. The van der Waals surface area contributed by atoms with Gasteiger partial charge in [-0.05, 0) is 23.6 Å². The van der Waals surface area contributed by atoms with Crippen molar-refractivity contribution in [3.63, 3.8) is 0 Å². The highest BCUT2D eigenvalue weighted by Gasteiger charge is 2.36. The fourth-order valence-corrected chi connectivity index (χ4v) is 3.55. The van der Waals surface area contributed by atoms with E-state index in [4.69, 9.17) is 16.3 Å². The van der Waals surface area contributed by atoms with Crippen molar-refractivity contribution in [1.29, 1.82) is 0 Å². The van der Waals surface area contributed by atoms with Crippen molar-refractivity contribution in [3.8, 4) is 0 Å². The molecule has 0 spiro atoms. The predicted molar refractivity (Wildman–Crippen MR) is 101 cm³/mol. The molecule has 2 aromatic rings. The molecule has 144 valence electrons. The smallest absolute Gasteiger partial charge is 0.328 e. The lowest BCUT2D eigenvalue weighted by molar-refractivity contribution is -0.144. The molecule has 1 aromatic heterocycles. The van der Waals surface area contributed by atoms with Crippen LogP contribution in [0.5, 0.6) is 0 Å². The number of aromatic nitrogens is 2. The van der Waals surface area contributed by atoms with E-state index < -0.39 is 12.0 Å². The van der Waals surface area contributed by atoms with Crippen LogP contribution in [0.4, 0.5) is 4.79 Å². The Morgan fingerprint density at radius 1 is 1.41 bits per heavy atom. The molecule has 2 heterocycles. The molecule has 2 atom stereocenters. The number of amides is 2. The largest absolute Gasteiger partial charge is 0.467 e. The van der Waals surface area contributed by atoms with Crippen LogP contribution in [-0.4, -0.2) is 46.6 Å². The van der Waals surface area contributed by atoms with Crippen LogP contribution in [0.15, 0.2) is 30.6 Å². The first kappa shape index (κ1) is 19.2. The molecule has 1 aliphatic rings. The van der Waals surface area contributed by atoms with E-state index in [2.05, 4.69) is 15.3 Å². The van der Waals surface area contributed by atoms with Gasteiger partial charge in [-0.25, -0.2) is 14.6 Å². The van der Waals surface area contributed by atoms with Crippen LogP contribution in [0.25, 0.3) is 0 Å². The number of aromatic amines is 1. The highest BCUT2D eigenvalue weighted by molar-refractivity contribution is 6.30. The third-order valence-electron chi connectivity index (χ3n) is 4.75. The Bertz CT molecular complexity index is 836. The van der Waals surface area contributed by atoms with Crippen molar-refractivity contribution >= 4 is 23.6 Å². The monoisotopic (exact) mass is 390 g/mol. The number of hydrogen-bond acceptors (Lipinski definition) is 4. The van der Waals surface area contributed by atoms with Crippen molar-refractivity contribution in [2.24, 2.45) is 5.92 Å². The molecule has 27 heavy (non-hydrogen) atoms. The zero-order valence-electron chi connectivity index (χ0n) is 15.5. The van der Waals surface area contributed by atoms with E-state index in [0.29, 0.717) is 18.0 Å². The van der Waals surface area contributed by atoms with Crippen molar-refractivity contribution in [2.75, 3.05) is 13.7 Å². The Morgan fingerprint density at radius 2 is 2.19 bits per heavy atom. The number of nitrogens with one attached hydrogen (secondary N) is 2. The molecular weight excluding hydrogens is 368 g/mol. The number of benzene rings is 1. The second-order valence-electron chi connectivity index (χ2n) is 6.86. The van der Waals surface area contributed by atoms with Crippen molar-refractivity contribution in [1.82, 2.24) is 20.2 Å². The van der Waals surface area contributed by atoms with Crippen LogP contribution in [-0.2, 0) is 16.0 Å². The van der Waals surface area contributed by atoms with Gasteiger partial charge in [0.1, 0.15) is 12.1 Å². The average molecular weight is 391 g/mol.